The van der Waals surface area contributed by atoms with E-state index in [4.69, 9.17) is 10.5 Å². The third kappa shape index (κ3) is 2.08. The van der Waals surface area contributed by atoms with Crippen molar-refractivity contribution in [1.82, 2.24) is 0 Å². The van der Waals surface area contributed by atoms with Gasteiger partial charge in [0, 0.05) is 28.9 Å². The molecule has 2 aliphatic heterocycles. The van der Waals surface area contributed by atoms with Gasteiger partial charge < -0.3 is 15.4 Å². The summed E-state index contributed by atoms with van der Waals surface area (Å²) in [6, 6.07) is 15.1. The minimum atomic E-state index is -1.87. The maximum Gasteiger partial charge on any atom is 0.248 e. The fourth-order valence-corrected chi connectivity index (χ4v) is 4.65. The summed E-state index contributed by atoms with van der Waals surface area (Å²) in [5.41, 5.74) is 5.04. The molecular weight excluding hydrogens is 394 g/mol. The van der Waals surface area contributed by atoms with E-state index in [2.05, 4.69) is 6.58 Å². The number of ether oxygens (including phenoxy) is 1. The average molecular weight is 409 g/mol. The van der Waals surface area contributed by atoms with E-state index in [0.717, 1.165) is 0 Å². The summed E-state index contributed by atoms with van der Waals surface area (Å²) >= 11 is 0. The number of nitrogens with two attached hydrogens (primary N) is 1. The molecule has 1 spiro atoms. The van der Waals surface area contributed by atoms with Crippen LogP contribution in [0.5, 0.6) is 0 Å². The van der Waals surface area contributed by atoms with Gasteiger partial charge in [0.25, 0.3) is 0 Å². The van der Waals surface area contributed by atoms with Crippen LogP contribution in [0.15, 0.2) is 84.0 Å². The van der Waals surface area contributed by atoms with Crippen molar-refractivity contribution in [3.8, 4) is 6.07 Å². The summed E-state index contributed by atoms with van der Waals surface area (Å²) in [6.07, 6.45) is 1.55. The first-order valence-electron chi connectivity index (χ1n) is 9.52. The highest BCUT2D eigenvalue weighted by Gasteiger charge is 2.63. The number of hydrogen-bond acceptors (Lipinski definition) is 6. The Morgan fingerprint density at radius 1 is 1.06 bits per heavy atom. The molecule has 0 fully saturated rings. The normalized spacial score (nSPS) is 21.5. The fraction of sp³-hybridized carbons (Fsp3) is 0.0833. The van der Waals surface area contributed by atoms with Crippen molar-refractivity contribution in [3.63, 3.8) is 0 Å². The van der Waals surface area contributed by atoms with Crippen molar-refractivity contribution in [2.75, 3.05) is 11.4 Å². The summed E-state index contributed by atoms with van der Waals surface area (Å²) in [7, 11) is 0. The molecule has 1 atom stereocenters. The molecule has 1 amide bonds. The van der Waals surface area contributed by atoms with Crippen molar-refractivity contribution >= 4 is 23.2 Å². The molecule has 0 radical (unpaired) electrons. The van der Waals surface area contributed by atoms with Gasteiger partial charge in [0.15, 0.2) is 11.5 Å². The van der Waals surface area contributed by atoms with Gasteiger partial charge in [0.05, 0.1) is 5.57 Å². The van der Waals surface area contributed by atoms with Gasteiger partial charge in [-0.2, -0.15) is 5.26 Å². The Balaban J connectivity index is 1.91. The Hall–Kier alpha value is -4.44. The number of allylic oxidation sites excluding steroid dienone is 1. The number of amides is 1. The molecule has 150 valence electrons. The molecule has 2 aromatic rings. The number of carbonyl (C=O) groups is 3. The predicted molar refractivity (Wildman–Crippen MR) is 111 cm³/mol. The van der Waals surface area contributed by atoms with Gasteiger partial charge >= 0.3 is 0 Å². The first-order chi connectivity index (χ1) is 15.0. The Bertz CT molecular complexity index is 1340. The molecule has 7 nitrogen and oxygen atoms in total. The zero-order valence-electron chi connectivity index (χ0n) is 16.2. The lowest BCUT2D eigenvalue weighted by Gasteiger charge is -2.37. The van der Waals surface area contributed by atoms with Crippen molar-refractivity contribution < 1.29 is 19.1 Å². The van der Waals surface area contributed by atoms with Gasteiger partial charge in [-0.1, -0.05) is 48.5 Å². The van der Waals surface area contributed by atoms with E-state index in [9.17, 15) is 19.6 Å². The largest absolute Gasteiger partial charge is 0.436 e. The van der Waals surface area contributed by atoms with E-state index >= 15 is 0 Å². The van der Waals surface area contributed by atoms with E-state index in [0.29, 0.717) is 11.3 Å². The SMILES string of the molecule is C=CCN1C(=O)[C@@]2(C(C#N)=C(N)OC3=C2C(=O)c2ccccc2C3=O)c2ccccc21. The number of ketones is 2. The standard InChI is InChI=1S/C24H15N3O4/c1-2-11-27-17-10-6-5-9-15(17)24(23(27)30)16(12-25)22(26)31-21-18(24)19(28)13-7-3-4-8-14(13)20(21)29/h2-10H,1,11,26H2/t24-/m1/s1. The first kappa shape index (κ1) is 18.6. The lowest BCUT2D eigenvalue weighted by molar-refractivity contribution is -0.121. The van der Waals surface area contributed by atoms with E-state index in [1.807, 2.05) is 6.07 Å². The van der Waals surface area contributed by atoms with Gasteiger partial charge in [0.1, 0.15) is 17.1 Å². The Morgan fingerprint density at radius 2 is 1.71 bits per heavy atom. The van der Waals surface area contributed by atoms with Crippen LogP contribution >= 0.6 is 0 Å². The molecule has 0 unspecified atom stereocenters. The van der Waals surface area contributed by atoms with Crippen molar-refractivity contribution in [2.24, 2.45) is 5.73 Å². The number of Topliss-reactive ketones (excluding diaryl/α,β-unsaturated/α-hetero) is 2. The number of hydrogen-bond donors (Lipinski definition) is 1. The first-order valence-corrected chi connectivity index (χ1v) is 9.52. The number of nitriles is 1. The zero-order chi connectivity index (χ0) is 21.9. The number of para-hydroxylation sites is 1. The zero-order valence-corrected chi connectivity index (χ0v) is 16.2. The molecule has 1 aliphatic carbocycles. The summed E-state index contributed by atoms with van der Waals surface area (Å²) in [4.78, 5) is 42.3. The second kappa shape index (κ2) is 6.28. The number of rotatable bonds is 2. The maximum absolute atomic E-state index is 13.9. The average Bonchev–Trinajstić information content (AvgIpc) is 3.01. The monoisotopic (exact) mass is 409 g/mol. The van der Waals surface area contributed by atoms with Crippen LogP contribution in [-0.4, -0.2) is 24.0 Å². The van der Waals surface area contributed by atoms with E-state index in [1.54, 1.807) is 42.5 Å². The molecular formula is C24H15N3O4. The summed E-state index contributed by atoms with van der Waals surface area (Å²) in [5, 5.41) is 10.0. The number of nitrogens with zero attached hydrogens (tertiary/aromatic N) is 2. The van der Waals surface area contributed by atoms with Gasteiger partial charge in [0.2, 0.25) is 17.6 Å². The van der Waals surface area contributed by atoms with Crippen LogP contribution < -0.4 is 10.6 Å². The number of benzene rings is 2. The van der Waals surface area contributed by atoms with E-state index in [-0.39, 0.29) is 40.5 Å². The Morgan fingerprint density at radius 3 is 2.39 bits per heavy atom. The molecule has 5 rings (SSSR count). The topological polar surface area (TPSA) is 113 Å². The minimum Gasteiger partial charge on any atom is -0.436 e. The summed E-state index contributed by atoms with van der Waals surface area (Å²) in [5.74, 6) is -2.34. The van der Waals surface area contributed by atoms with Gasteiger partial charge in [-0.3, -0.25) is 14.4 Å². The maximum atomic E-state index is 13.9. The van der Waals surface area contributed by atoms with Crippen LogP contribution in [0.1, 0.15) is 26.3 Å². The molecule has 31 heavy (non-hydrogen) atoms. The van der Waals surface area contributed by atoms with Crippen molar-refractivity contribution in [3.05, 3.63) is 101 Å². The summed E-state index contributed by atoms with van der Waals surface area (Å²) in [6.45, 7) is 3.86. The van der Waals surface area contributed by atoms with Crippen LogP contribution in [-0.2, 0) is 14.9 Å². The number of fused-ring (bicyclic) bond motifs is 4. The molecule has 7 heteroatoms. The molecule has 0 aromatic heterocycles. The Labute approximate surface area is 177 Å². The lowest BCUT2D eigenvalue weighted by Crippen LogP contribution is -2.50. The smallest absolute Gasteiger partial charge is 0.248 e. The van der Waals surface area contributed by atoms with Crippen LogP contribution in [0.2, 0.25) is 0 Å². The second-order valence-corrected chi connectivity index (χ2v) is 7.33. The van der Waals surface area contributed by atoms with Gasteiger partial charge in [-0.25, -0.2) is 0 Å². The molecule has 2 heterocycles. The third-order valence-electron chi connectivity index (χ3n) is 5.87. The Kier molecular flexibility index (Phi) is 3.76. The summed E-state index contributed by atoms with van der Waals surface area (Å²) < 4.78 is 5.53. The number of carbonyl (C=O) groups excluding carboxylic acids is 3. The van der Waals surface area contributed by atoms with Gasteiger partial charge in [-0.05, 0) is 6.07 Å². The number of anilines is 1. The molecule has 2 N–H and O–H groups in total. The van der Waals surface area contributed by atoms with Crippen LogP contribution in [0.3, 0.4) is 0 Å². The van der Waals surface area contributed by atoms with E-state index < -0.39 is 22.9 Å². The molecule has 0 saturated carbocycles. The highest BCUT2D eigenvalue weighted by Crippen LogP contribution is 2.55. The van der Waals surface area contributed by atoms with Crippen molar-refractivity contribution in [2.45, 2.75) is 5.41 Å². The van der Waals surface area contributed by atoms with Crippen molar-refractivity contribution in [1.29, 1.82) is 5.26 Å². The molecule has 2 aromatic carbocycles. The molecule has 0 bridgehead atoms. The predicted octanol–water partition coefficient (Wildman–Crippen LogP) is 2.51. The highest BCUT2D eigenvalue weighted by atomic mass is 16.5. The molecule has 3 aliphatic rings. The fourth-order valence-electron chi connectivity index (χ4n) is 4.65. The third-order valence-corrected chi connectivity index (χ3v) is 5.87. The highest BCUT2D eigenvalue weighted by molar-refractivity contribution is 6.32. The quantitative estimate of drug-likeness (QED) is 0.763. The second-order valence-electron chi connectivity index (χ2n) is 7.33. The minimum absolute atomic E-state index is 0.151. The lowest BCUT2D eigenvalue weighted by atomic mass is 9.64. The van der Waals surface area contributed by atoms with E-state index in [1.165, 1.54) is 17.0 Å². The van der Waals surface area contributed by atoms with Crippen LogP contribution in [0.25, 0.3) is 0 Å². The molecule has 0 saturated heterocycles. The van der Waals surface area contributed by atoms with Crippen LogP contribution in [0.4, 0.5) is 5.69 Å². The van der Waals surface area contributed by atoms with Gasteiger partial charge in [-0.15, -0.1) is 6.58 Å². The van der Waals surface area contributed by atoms with Crippen LogP contribution in [0, 0.1) is 11.3 Å².